The highest BCUT2D eigenvalue weighted by Gasteiger charge is 2.31. The first-order valence-electron chi connectivity index (χ1n) is 15.5. The van der Waals surface area contributed by atoms with Gasteiger partial charge in [-0.1, -0.05) is 34.6 Å². The molecule has 1 fully saturated rings. The van der Waals surface area contributed by atoms with Gasteiger partial charge in [0, 0.05) is 51.9 Å². The highest BCUT2D eigenvalue weighted by Crippen LogP contribution is 2.37. The van der Waals surface area contributed by atoms with Gasteiger partial charge < -0.3 is 28.9 Å². The van der Waals surface area contributed by atoms with Crippen molar-refractivity contribution >= 4 is 21.9 Å². The van der Waals surface area contributed by atoms with E-state index in [-0.39, 0.29) is 28.6 Å². The van der Waals surface area contributed by atoms with Gasteiger partial charge >= 0.3 is 0 Å². The second-order valence-electron chi connectivity index (χ2n) is 14.6. The molecule has 0 spiro atoms. The van der Waals surface area contributed by atoms with Crippen molar-refractivity contribution in [3.05, 3.63) is 60.1 Å². The van der Waals surface area contributed by atoms with Crippen molar-refractivity contribution in [2.45, 2.75) is 116 Å². The molecule has 1 saturated carbocycles. The van der Waals surface area contributed by atoms with E-state index in [0.717, 1.165) is 77.2 Å². The van der Waals surface area contributed by atoms with Crippen LogP contribution in [-0.2, 0) is 10.8 Å². The van der Waals surface area contributed by atoms with Crippen molar-refractivity contribution in [3.63, 3.8) is 0 Å². The molecule has 1 aliphatic rings. The van der Waals surface area contributed by atoms with Gasteiger partial charge in [0.2, 0.25) is 0 Å². The predicted octanol–water partition coefficient (Wildman–Crippen LogP) is 8.50. The maximum atomic E-state index is 6.39. The van der Waals surface area contributed by atoms with Crippen molar-refractivity contribution < 1.29 is 18.3 Å². The van der Waals surface area contributed by atoms with Crippen molar-refractivity contribution in [1.82, 2.24) is 10.6 Å². The maximum Gasteiger partial charge on any atom is 0.137 e. The summed E-state index contributed by atoms with van der Waals surface area (Å²) in [5.41, 5.74) is 1.59. The molecule has 1 aliphatic carbocycles. The Balaban J connectivity index is 1.13. The molecular formula is C36H50N2O4. The highest BCUT2D eigenvalue weighted by atomic mass is 16.5. The van der Waals surface area contributed by atoms with Gasteiger partial charge in [-0.2, -0.15) is 0 Å². The number of ether oxygens (including phenoxy) is 2. The zero-order valence-electron chi connectivity index (χ0n) is 27.0. The van der Waals surface area contributed by atoms with Gasteiger partial charge in [0.05, 0.1) is 0 Å². The molecule has 0 amide bonds. The number of fused-ring (bicyclic) bond motifs is 2. The normalized spacial score (nSPS) is 18.8. The molecule has 0 aliphatic heterocycles. The molecule has 42 heavy (non-hydrogen) atoms. The molecule has 2 aromatic heterocycles. The monoisotopic (exact) mass is 574 g/mol. The van der Waals surface area contributed by atoms with Crippen LogP contribution < -0.4 is 20.1 Å². The predicted molar refractivity (Wildman–Crippen MR) is 172 cm³/mol. The Morgan fingerprint density at radius 2 is 1.40 bits per heavy atom. The van der Waals surface area contributed by atoms with Crippen LogP contribution in [-0.4, -0.2) is 37.4 Å². The number of nitrogens with one attached hydrogen (secondary N) is 2. The molecule has 6 heteroatoms. The lowest BCUT2D eigenvalue weighted by atomic mass is 9.81. The molecule has 2 aromatic carbocycles. The van der Waals surface area contributed by atoms with E-state index >= 15 is 0 Å². The average molecular weight is 575 g/mol. The average Bonchev–Trinajstić information content (AvgIpc) is 3.53. The Kier molecular flexibility index (Phi) is 8.43. The first-order valence-corrected chi connectivity index (χ1v) is 15.5. The number of benzene rings is 2. The topological polar surface area (TPSA) is 68.8 Å². The Hall–Kier alpha value is -2.96. The van der Waals surface area contributed by atoms with E-state index in [1.165, 1.54) is 0 Å². The smallest absolute Gasteiger partial charge is 0.137 e. The largest absolute Gasteiger partial charge is 0.490 e. The van der Waals surface area contributed by atoms with Crippen LogP contribution in [0.5, 0.6) is 11.5 Å². The van der Waals surface area contributed by atoms with Gasteiger partial charge in [0.1, 0.15) is 46.4 Å². The first kappa shape index (κ1) is 30.5. The lowest BCUT2D eigenvalue weighted by molar-refractivity contribution is 0.0885. The summed E-state index contributed by atoms with van der Waals surface area (Å²) in [5, 5.41) is 9.28. The highest BCUT2D eigenvalue weighted by molar-refractivity contribution is 5.80. The van der Waals surface area contributed by atoms with Gasteiger partial charge in [0.25, 0.3) is 0 Å². The summed E-state index contributed by atoms with van der Waals surface area (Å²) in [5.74, 6) is 3.73. The zero-order chi connectivity index (χ0) is 30.3. The van der Waals surface area contributed by atoms with Crippen LogP contribution in [0.25, 0.3) is 21.9 Å². The maximum absolute atomic E-state index is 6.39. The number of hydrogen-bond donors (Lipinski definition) is 2. The van der Waals surface area contributed by atoms with E-state index in [1.54, 1.807) is 0 Å². The minimum Gasteiger partial charge on any atom is -0.490 e. The molecule has 2 N–H and O–H groups in total. The second-order valence-corrected chi connectivity index (χ2v) is 14.6. The standard InChI is InChI=1S/C36H50N2O4/c1-23(39-27-12-10-24-16-32(34(2,3)4)41-30(24)20-27)22-38-36(7,8)15-14-35(5,6)33-17-25-11-13-28(21-31(25)42-33)40-29-18-26(19-29)37-9/h10-13,16-17,20-21,23,26,29,37-38H,14-15,18-19,22H2,1-9H3/t23?,26-,29-. The van der Waals surface area contributed by atoms with Gasteiger partial charge in [0.15, 0.2) is 0 Å². The second kappa shape index (κ2) is 11.6. The molecule has 0 saturated heterocycles. The summed E-state index contributed by atoms with van der Waals surface area (Å²) in [6.45, 7) is 18.4. The summed E-state index contributed by atoms with van der Waals surface area (Å²) < 4.78 is 24.9. The van der Waals surface area contributed by atoms with Gasteiger partial charge in [-0.3, -0.25) is 0 Å². The number of hydrogen-bond acceptors (Lipinski definition) is 6. The van der Waals surface area contributed by atoms with Crippen LogP contribution in [0.15, 0.2) is 57.4 Å². The van der Waals surface area contributed by atoms with Gasteiger partial charge in [-0.05, 0) is 89.9 Å². The van der Waals surface area contributed by atoms with Gasteiger partial charge in [-0.25, -0.2) is 0 Å². The Morgan fingerprint density at radius 1 is 0.810 bits per heavy atom. The molecule has 6 nitrogen and oxygen atoms in total. The molecule has 5 rings (SSSR count). The number of rotatable bonds is 12. The minimum atomic E-state index is -0.0978. The molecule has 2 heterocycles. The van der Waals surface area contributed by atoms with Gasteiger partial charge in [-0.15, -0.1) is 0 Å². The number of furan rings is 2. The Morgan fingerprint density at radius 3 is 2.05 bits per heavy atom. The van der Waals surface area contributed by atoms with Crippen molar-refractivity contribution in [2.24, 2.45) is 0 Å². The SMILES string of the molecule is CN[C@H]1C[C@H](Oc2ccc3cc(C(C)(C)CCC(C)(C)NCC(C)Oc4ccc5cc(C(C)(C)C)oc5c4)oc3c2)C1. The third-order valence-electron chi connectivity index (χ3n) is 8.78. The van der Waals surface area contributed by atoms with Crippen LogP contribution in [0.4, 0.5) is 0 Å². The molecule has 1 atom stereocenters. The zero-order valence-corrected chi connectivity index (χ0v) is 27.0. The van der Waals surface area contributed by atoms with E-state index in [4.69, 9.17) is 18.3 Å². The third-order valence-corrected chi connectivity index (χ3v) is 8.78. The molecule has 4 aromatic rings. The van der Waals surface area contributed by atoms with E-state index < -0.39 is 0 Å². The summed E-state index contributed by atoms with van der Waals surface area (Å²) in [6.07, 6.45) is 4.40. The Bertz CT molecular complexity index is 1500. The van der Waals surface area contributed by atoms with Crippen LogP contribution >= 0.6 is 0 Å². The Labute approximate surface area is 251 Å². The summed E-state index contributed by atoms with van der Waals surface area (Å²) in [6, 6.07) is 17.2. The molecule has 0 radical (unpaired) electrons. The van der Waals surface area contributed by atoms with Crippen LogP contribution in [0.1, 0.15) is 92.6 Å². The summed E-state index contributed by atoms with van der Waals surface area (Å²) in [4.78, 5) is 0. The van der Waals surface area contributed by atoms with Crippen LogP contribution in [0.3, 0.4) is 0 Å². The van der Waals surface area contributed by atoms with E-state index in [2.05, 4.69) is 96.4 Å². The lowest BCUT2D eigenvalue weighted by Crippen LogP contribution is -2.45. The molecule has 228 valence electrons. The van der Waals surface area contributed by atoms with E-state index in [0.29, 0.717) is 6.04 Å². The fraction of sp³-hybridized carbons (Fsp3) is 0.556. The molecular weight excluding hydrogens is 524 g/mol. The third kappa shape index (κ3) is 7.15. The fourth-order valence-corrected chi connectivity index (χ4v) is 5.49. The first-order chi connectivity index (χ1) is 19.7. The van der Waals surface area contributed by atoms with Crippen molar-refractivity contribution in [2.75, 3.05) is 13.6 Å². The van der Waals surface area contributed by atoms with E-state index in [1.807, 2.05) is 25.2 Å². The van der Waals surface area contributed by atoms with Crippen LogP contribution in [0, 0.1) is 0 Å². The summed E-state index contributed by atoms with van der Waals surface area (Å²) >= 11 is 0. The molecule has 1 unspecified atom stereocenters. The van der Waals surface area contributed by atoms with Crippen molar-refractivity contribution in [1.29, 1.82) is 0 Å². The quantitative estimate of drug-likeness (QED) is 0.177. The fourth-order valence-electron chi connectivity index (χ4n) is 5.49. The van der Waals surface area contributed by atoms with Crippen LogP contribution in [0.2, 0.25) is 0 Å². The summed E-state index contributed by atoms with van der Waals surface area (Å²) in [7, 11) is 2.01. The van der Waals surface area contributed by atoms with E-state index in [9.17, 15) is 0 Å². The molecule has 0 bridgehead atoms. The minimum absolute atomic E-state index is 0.0163. The lowest BCUT2D eigenvalue weighted by Gasteiger charge is -2.35. The van der Waals surface area contributed by atoms with Crippen molar-refractivity contribution in [3.8, 4) is 11.5 Å².